The molecular formula is C14H21N3O2S. The molecule has 2 rings (SSSR count). The highest BCUT2D eigenvalue weighted by Crippen LogP contribution is 2.21. The Balaban J connectivity index is 2.74. The van der Waals surface area contributed by atoms with Crippen molar-refractivity contribution in [2.45, 2.75) is 12.1 Å². The van der Waals surface area contributed by atoms with Gasteiger partial charge in [0, 0.05) is 34.6 Å². The fourth-order valence-corrected chi connectivity index (χ4v) is 2.03. The van der Waals surface area contributed by atoms with E-state index >= 15 is 0 Å². The van der Waals surface area contributed by atoms with Gasteiger partial charge in [-0.15, -0.1) is 0 Å². The van der Waals surface area contributed by atoms with Gasteiger partial charge in [-0.3, -0.25) is 0 Å². The van der Waals surface area contributed by atoms with Crippen LogP contribution in [0.3, 0.4) is 0 Å². The van der Waals surface area contributed by atoms with Crippen molar-refractivity contribution in [1.29, 1.82) is 0 Å². The molecule has 0 spiro atoms. The molecular weight excluding hydrogens is 274 g/mol. The summed E-state index contributed by atoms with van der Waals surface area (Å²) in [6.45, 7) is -5.82. The van der Waals surface area contributed by atoms with E-state index in [0.717, 1.165) is 4.90 Å². The number of nitrogens with zero attached hydrogens (tertiary/aromatic N) is 1. The molecule has 110 valence electrons. The van der Waals surface area contributed by atoms with Crippen molar-refractivity contribution in [3.8, 4) is 0 Å². The van der Waals surface area contributed by atoms with Crippen molar-refractivity contribution in [2.24, 2.45) is 0 Å². The van der Waals surface area contributed by atoms with Gasteiger partial charge in [0.25, 0.3) is 0 Å². The summed E-state index contributed by atoms with van der Waals surface area (Å²) in [5, 5.41) is -0.210. The van der Waals surface area contributed by atoms with Gasteiger partial charge in [0.15, 0.2) is 0 Å². The monoisotopic (exact) mass is 307 g/mol. The second kappa shape index (κ2) is 5.95. The first-order chi connectivity index (χ1) is 14.2. The zero-order valence-corrected chi connectivity index (χ0v) is 11.4. The van der Waals surface area contributed by atoms with Gasteiger partial charge in [0.2, 0.25) is 10.0 Å². The summed E-state index contributed by atoms with van der Waals surface area (Å²) in [7, 11) is -3.99. The minimum Gasteiger partial charge on any atom is -0.361 e. The Morgan fingerprint density at radius 1 is 1.55 bits per heavy atom. The molecule has 20 heavy (non-hydrogen) atoms. The molecule has 1 aromatic carbocycles. The predicted molar refractivity (Wildman–Crippen MR) is 82.2 cm³/mol. The standard InChI is InChI=1S/C14H21N3O2S/c1-15-20(18,19)10-11-4-5-14-13(8-11)12(9-16-14)6-7-17(2)3/h4-5,8-9,15-16H,6-7,10H2,1-3H3/i1D3,2D3,4D,5D,8D,9D,10D2. The van der Waals surface area contributed by atoms with E-state index in [1.54, 1.807) is 0 Å². The molecule has 6 heteroatoms. The molecule has 0 saturated carbocycles. The van der Waals surface area contributed by atoms with E-state index in [2.05, 4.69) is 4.98 Å². The number of H-pyrrole nitrogens is 1. The van der Waals surface area contributed by atoms with Gasteiger partial charge in [0.1, 0.15) is 0 Å². The number of hydrogen-bond donors (Lipinski definition) is 2. The van der Waals surface area contributed by atoms with Crippen LogP contribution in [0.15, 0.2) is 24.3 Å². The normalized spacial score (nSPS) is 23.1. The zero-order chi connectivity index (χ0) is 25.0. The van der Waals surface area contributed by atoms with Gasteiger partial charge in [-0.05, 0) is 50.6 Å². The first-order valence-electron chi connectivity index (χ1n) is 11.6. The average Bonchev–Trinajstić information content (AvgIpc) is 2.91. The third-order valence-corrected chi connectivity index (χ3v) is 3.26. The fourth-order valence-electron chi connectivity index (χ4n) is 1.60. The lowest BCUT2D eigenvalue weighted by Crippen LogP contribution is -2.20. The summed E-state index contributed by atoms with van der Waals surface area (Å²) in [6, 6.07) is -2.47. The second-order valence-corrected chi connectivity index (χ2v) is 5.52. The summed E-state index contributed by atoms with van der Waals surface area (Å²) >= 11 is 0. The summed E-state index contributed by atoms with van der Waals surface area (Å²) in [5.41, 5.74) is -4.78. The van der Waals surface area contributed by atoms with Crippen molar-refractivity contribution < 1.29 is 24.9 Å². The lowest BCUT2D eigenvalue weighted by atomic mass is 10.1. The van der Waals surface area contributed by atoms with Crippen LogP contribution in [0.2, 0.25) is 0 Å². The van der Waals surface area contributed by atoms with Gasteiger partial charge < -0.3 is 9.88 Å². The smallest absolute Gasteiger partial charge is 0.215 e. The number of nitrogens with one attached hydrogen (secondary N) is 2. The molecule has 0 aliphatic rings. The van der Waals surface area contributed by atoms with Gasteiger partial charge in [-0.2, -0.15) is 0 Å². The molecule has 0 radical (unpaired) electrons. The molecule has 5 nitrogen and oxygen atoms in total. The lowest BCUT2D eigenvalue weighted by molar-refractivity contribution is 0.414. The van der Waals surface area contributed by atoms with Crippen LogP contribution in [0.5, 0.6) is 0 Å². The number of likely N-dealkylation sites (N-methyl/N-ethyl adjacent to an activating group) is 1. The van der Waals surface area contributed by atoms with Crippen LogP contribution in [0, 0.1) is 0 Å². The van der Waals surface area contributed by atoms with Crippen LogP contribution in [0.1, 0.15) is 27.6 Å². The summed E-state index contributed by atoms with van der Waals surface area (Å²) < 4.78 is 118. The number of aromatic nitrogens is 1. The highest BCUT2D eigenvalue weighted by molar-refractivity contribution is 7.88. The van der Waals surface area contributed by atoms with Crippen LogP contribution in [0.4, 0.5) is 0 Å². The number of aromatic amines is 1. The first kappa shape index (κ1) is 5.79. The van der Waals surface area contributed by atoms with E-state index in [-0.39, 0.29) is 35.6 Å². The molecule has 1 aromatic heterocycles. The maximum atomic E-state index is 12.4. The Morgan fingerprint density at radius 2 is 2.40 bits per heavy atom. The number of benzene rings is 1. The highest BCUT2D eigenvalue weighted by Gasteiger charge is 2.11. The summed E-state index contributed by atoms with van der Waals surface area (Å²) in [6.07, 6.45) is -0.416. The molecule has 0 amide bonds. The average molecular weight is 307 g/mol. The predicted octanol–water partition coefficient (Wildman–Crippen LogP) is 1.32. The van der Waals surface area contributed by atoms with Gasteiger partial charge in [0.05, 0.1) is 11.2 Å². The summed E-state index contributed by atoms with van der Waals surface area (Å²) in [4.78, 5) is 3.50. The molecule has 2 N–H and O–H groups in total. The van der Waals surface area contributed by atoms with Crippen molar-refractivity contribution in [2.75, 3.05) is 27.5 Å². The van der Waals surface area contributed by atoms with Crippen molar-refractivity contribution in [3.05, 3.63) is 35.4 Å². The van der Waals surface area contributed by atoms with Crippen molar-refractivity contribution in [1.82, 2.24) is 14.6 Å². The third kappa shape index (κ3) is 3.59. The van der Waals surface area contributed by atoms with Crippen molar-refractivity contribution >= 4 is 20.9 Å². The van der Waals surface area contributed by atoms with Gasteiger partial charge in [-0.25, -0.2) is 13.1 Å². The second-order valence-electron chi connectivity index (χ2n) is 4.11. The zero-order valence-electron chi connectivity index (χ0n) is 22.6. The Bertz CT molecular complexity index is 1140. The van der Waals surface area contributed by atoms with Crippen LogP contribution in [0.25, 0.3) is 10.9 Å². The minimum atomic E-state index is -5.29. The van der Waals surface area contributed by atoms with E-state index in [4.69, 9.17) is 16.4 Å². The Labute approximate surface area is 136 Å². The molecule has 0 aliphatic heterocycles. The Hall–Kier alpha value is -1.37. The molecule has 1 heterocycles. The molecule has 0 saturated heterocycles. The Kier molecular flexibility index (Phi) is 1.72. The van der Waals surface area contributed by atoms with E-state index in [9.17, 15) is 8.42 Å². The number of sulfonamides is 1. The largest absolute Gasteiger partial charge is 0.361 e. The van der Waals surface area contributed by atoms with Gasteiger partial charge in [-0.1, -0.05) is 6.04 Å². The Morgan fingerprint density at radius 3 is 3.15 bits per heavy atom. The molecule has 2 aromatic rings. The topological polar surface area (TPSA) is 65.2 Å². The van der Waals surface area contributed by atoms with E-state index in [1.807, 2.05) is 0 Å². The van der Waals surface area contributed by atoms with E-state index in [0.29, 0.717) is 0 Å². The highest BCUT2D eigenvalue weighted by atomic mass is 32.2. The van der Waals surface area contributed by atoms with E-state index < -0.39 is 53.4 Å². The maximum absolute atomic E-state index is 12.4. The fraction of sp³-hybridized carbons (Fsp3) is 0.429. The van der Waals surface area contributed by atoms with Crippen LogP contribution in [-0.2, 0) is 22.1 Å². The number of rotatable bonds is 6. The molecule has 0 bridgehead atoms. The van der Waals surface area contributed by atoms with E-state index in [1.165, 1.54) is 11.8 Å². The number of hydrogen-bond acceptors (Lipinski definition) is 3. The lowest BCUT2D eigenvalue weighted by Gasteiger charge is -2.08. The summed E-state index contributed by atoms with van der Waals surface area (Å²) in [5.74, 6) is 0. The molecule has 0 aliphatic carbocycles. The molecule has 0 atom stereocenters. The quantitative estimate of drug-likeness (QED) is 0.846. The minimum absolute atomic E-state index is 0.0350. The molecule has 0 unspecified atom stereocenters. The van der Waals surface area contributed by atoms with Crippen molar-refractivity contribution in [3.63, 3.8) is 0 Å². The van der Waals surface area contributed by atoms with Crippen LogP contribution in [-0.4, -0.2) is 45.8 Å². The SMILES string of the molecule is [2H]c1[nH]c2c([2H])c([2H])c(C([2H])([2H])S(=O)(=O)NC([2H])([2H])[2H])c([2H])c2c1CCN(C)C([2H])([2H])[2H]. The number of fused-ring (bicyclic) bond motifs is 1. The molecule has 0 fully saturated rings. The van der Waals surface area contributed by atoms with Crippen LogP contribution >= 0.6 is 0 Å². The first-order valence-corrected chi connectivity index (χ1v) is 7.07. The van der Waals surface area contributed by atoms with Gasteiger partial charge >= 0.3 is 0 Å². The van der Waals surface area contributed by atoms with Crippen LogP contribution < -0.4 is 4.72 Å². The maximum Gasteiger partial charge on any atom is 0.215 e. The third-order valence-electron chi connectivity index (χ3n) is 2.52.